The Hall–Kier alpha value is -1.94. The van der Waals surface area contributed by atoms with Crippen LogP contribution >= 0.6 is 24.0 Å². The Morgan fingerprint density at radius 2 is 1.79 bits per heavy atom. The first-order chi connectivity index (χ1) is 13.1. The molecule has 0 amide bonds. The molecule has 1 saturated heterocycles. The highest BCUT2D eigenvalue weighted by atomic mass is 127. The van der Waals surface area contributed by atoms with Gasteiger partial charge in [0.1, 0.15) is 11.6 Å². The van der Waals surface area contributed by atoms with Crippen molar-refractivity contribution >= 4 is 35.8 Å². The van der Waals surface area contributed by atoms with E-state index in [1.54, 1.807) is 13.1 Å². The van der Waals surface area contributed by atoms with Gasteiger partial charge in [-0.2, -0.15) is 0 Å². The number of hydrogen-bond acceptors (Lipinski definition) is 4. The van der Waals surface area contributed by atoms with Crippen LogP contribution in [0.3, 0.4) is 0 Å². The second-order valence-electron chi connectivity index (χ2n) is 6.72. The molecule has 0 atom stereocenters. The molecule has 3 rings (SSSR count). The van der Waals surface area contributed by atoms with Crippen LogP contribution in [-0.2, 0) is 13.1 Å². The van der Waals surface area contributed by atoms with E-state index in [2.05, 4.69) is 49.6 Å². The van der Waals surface area contributed by atoms with Crippen molar-refractivity contribution in [1.29, 1.82) is 0 Å². The molecular formula is C20H28FIN6. The van der Waals surface area contributed by atoms with Gasteiger partial charge in [-0.1, -0.05) is 18.2 Å². The van der Waals surface area contributed by atoms with Crippen molar-refractivity contribution in [1.82, 2.24) is 20.5 Å². The number of hydrogen-bond donors (Lipinski definition) is 2. The fourth-order valence-corrected chi connectivity index (χ4v) is 2.98. The van der Waals surface area contributed by atoms with Gasteiger partial charge in [0.05, 0.1) is 0 Å². The van der Waals surface area contributed by atoms with E-state index < -0.39 is 0 Å². The Kier molecular flexibility index (Phi) is 8.91. The van der Waals surface area contributed by atoms with E-state index in [-0.39, 0.29) is 29.8 Å². The van der Waals surface area contributed by atoms with Crippen molar-refractivity contribution in [3.63, 3.8) is 0 Å². The van der Waals surface area contributed by atoms with E-state index in [4.69, 9.17) is 0 Å². The lowest BCUT2D eigenvalue weighted by Crippen LogP contribution is -2.44. The molecule has 8 heteroatoms. The summed E-state index contributed by atoms with van der Waals surface area (Å²) in [5.41, 5.74) is 1.96. The molecule has 0 unspecified atom stereocenters. The Labute approximate surface area is 183 Å². The van der Waals surface area contributed by atoms with Gasteiger partial charge in [-0.3, -0.25) is 4.99 Å². The van der Waals surface area contributed by atoms with Crippen LogP contribution in [0.4, 0.5) is 10.2 Å². The van der Waals surface area contributed by atoms with Crippen molar-refractivity contribution in [2.24, 2.45) is 4.99 Å². The maximum atomic E-state index is 13.2. The number of likely N-dealkylation sites (N-methyl/N-ethyl adjacent to an activating group) is 1. The molecule has 1 aliphatic rings. The van der Waals surface area contributed by atoms with E-state index in [9.17, 15) is 4.39 Å². The second kappa shape index (κ2) is 11.2. The van der Waals surface area contributed by atoms with E-state index in [1.165, 1.54) is 12.1 Å². The van der Waals surface area contributed by atoms with E-state index >= 15 is 0 Å². The number of piperazine rings is 1. The number of benzene rings is 1. The molecule has 0 spiro atoms. The fraction of sp³-hybridized carbons (Fsp3) is 0.400. The Balaban J connectivity index is 0.00000280. The summed E-state index contributed by atoms with van der Waals surface area (Å²) in [5.74, 6) is 1.46. The Bertz CT molecular complexity index is 760. The number of nitrogens with zero attached hydrogens (tertiary/aromatic N) is 4. The number of guanidine groups is 1. The molecule has 0 aliphatic carbocycles. The summed E-state index contributed by atoms with van der Waals surface area (Å²) in [6, 6.07) is 10.7. The number of anilines is 1. The van der Waals surface area contributed by atoms with Crippen LogP contribution in [0.2, 0.25) is 0 Å². The summed E-state index contributed by atoms with van der Waals surface area (Å²) in [6.07, 6.45) is 1.90. The largest absolute Gasteiger partial charge is 0.354 e. The highest BCUT2D eigenvalue weighted by molar-refractivity contribution is 14.0. The monoisotopic (exact) mass is 498 g/mol. The van der Waals surface area contributed by atoms with Gasteiger partial charge >= 0.3 is 0 Å². The Morgan fingerprint density at radius 3 is 2.39 bits per heavy atom. The first-order valence-corrected chi connectivity index (χ1v) is 9.21. The van der Waals surface area contributed by atoms with Gasteiger partial charge < -0.3 is 20.4 Å². The highest BCUT2D eigenvalue weighted by Crippen LogP contribution is 2.13. The summed E-state index contributed by atoms with van der Waals surface area (Å²) in [4.78, 5) is 13.5. The lowest BCUT2D eigenvalue weighted by atomic mass is 10.2. The van der Waals surface area contributed by atoms with Gasteiger partial charge in [-0.25, -0.2) is 9.37 Å². The minimum absolute atomic E-state index is 0. The topological polar surface area (TPSA) is 55.8 Å². The zero-order chi connectivity index (χ0) is 19.1. The summed E-state index contributed by atoms with van der Waals surface area (Å²) >= 11 is 0. The van der Waals surface area contributed by atoms with Crippen LogP contribution in [0.1, 0.15) is 11.1 Å². The minimum atomic E-state index is -0.233. The lowest BCUT2D eigenvalue weighted by molar-refractivity contribution is 0.312. The molecule has 0 bridgehead atoms. The van der Waals surface area contributed by atoms with Crippen LogP contribution < -0.4 is 15.5 Å². The van der Waals surface area contributed by atoms with Gasteiger partial charge in [-0.05, 0) is 36.4 Å². The van der Waals surface area contributed by atoms with Crippen LogP contribution in [-0.4, -0.2) is 56.1 Å². The van der Waals surface area contributed by atoms with E-state index in [1.807, 2.05) is 12.3 Å². The average Bonchev–Trinajstić information content (AvgIpc) is 2.69. The van der Waals surface area contributed by atoms with Crippen molar-refractivity contribution in [2.45, 2.75) is 13.1 Å². The summed E-state index contributed by atoms with van der Waals surface area (Å²) < 4.78 is 13.2. The normalized spacial score (nSPS) is 15.1. The standard InChI is InChI=1S/C20H27FN6.HI/c1-22-20(24-13-16-4-3-5-18(21)12-16)25-15-17-6-7-19(23-14-17)27-10-8-26(2)9-11-27;/h3-7,12,14H,8-11,13,15H2,1-2H3,(H2,22,24,25);1H. The molecule has 6 nitrogen and oxygen atoms in total. The van der Waals surface area contributed by atoms with E-state index in [0.717, 1.165) is 43.1 Å². The van der Waals surface area contributed by atoms with E-state index in [0.29, 0.717) is 19.0 Å². The van der Waals surface area contributed by atoms with Crippen molar-refractivity contribution in [3.05, 3.63) is 59.5 Å². The number of rotatable bonds is 5. The molecule has 1 aliphatic heterocycles. The molecular weight excluding hydrogens is 470 g/mol. The third-order valence-corrected chi connectivity index (χ3v) is 4.67. The maximum absolute atomic E-state index is 13.2. The zero-order valence-electron chi connectivity index (χ0n) is 16.4. The quantitative estimate of drug-likeness (QED) is 0.377. The lowest BCUT2D eigenvalue weighted by Gasteiger charge is -2.33. The molecule has 1 aromatic carbocycles. The van der Waals surface area contributed by atoms with Crippen molar-refractivity contribution in [2.75, 3.05) is 45.2 Å². The first-order valence-electron chi connectivity index (χ1n) is 9.21. The van der Waals surface area contributed by atoms with Gasteiger partial charge in [0.25, 0.3) is 0 Å². The first kappa shape index (κ1) is 22.4. The molecule has 2 heterocycles. The molecule has 2 N–H and O–H groups in total. The van der Waals surface area contributed by atoms with Gasteiger partial charge in [0.15, 0.2) is 5.96 Å². The predicted octanol–water partition coefficient (Wildman–Crippen LogP) is 2.46. The summed E-state index contributed by atoms with van der Waals surface area (Å²) in [6.45, 7) is 5.29. The highest BCUT2D eigenvalue weighted by Gasteiger charge is 2.14. The molecule has 152 valence electrons. The van der Waals surface area contributed by atoms with Gasteiger partial charge in [-0.15, -0.1) is 24.0 Å². The number of pyridine rings is 1. The molecule has 1 fully saturated rings. The molecule has 28 heavy (non-hydrogen) atoms. The third kappa shape index (κ3) is 6.59. The minimum Gasteiger partial charge on any atom is -0.354 e. The molecule has 0 radical (unpaired) electrons. The van der Waals surface area contributed by atoms with Gasteiger partial charge in [0, 0.05) is 52.5 Å². The molecule has 2 aromatic rings. The molecule has 1 aromatic heterocycles. The number of aromatic nitrogens is 1. The zero-order valence-corrected chi connectivity index (χ0v) is 18.7. The second-order valence-corrected chi connectivity index (χ2v) is 6.72. The van der Waals surface area contributed by atoms with Crippen LogP contribution in [0.5, 0.6) is 0 Å². The number of nitrogens with one attached hydrogen (secondary N) is 2. The van der Waals surface area contributed by atoms with Crippen molar-refractivity contribution < 1.29 is 4.39 Å². The SMILES string of the molecule is CN=C(NCc1ccc(N2CCN(C)CC2)nc1)NCc1cccc(F)c1.I. The third-order valence-electron chi connectivity index (χ3n) is 4.67. The smallest absolute Gasteiger partial charge is 0.191 e. The summed E-state index contributed by atoms with van der Waals surface area (Å²) in [7, 11) is 3.87. The molecule has 0 saturated carbocycles. The van der Waals surface area contributed by atoms with Crippen LogP contribution in [0, 0.1) is 5.82 Å². The Morgan fingerprint density at radius 1 is 1.07 bits per heavy atom. The number of aliphatic imine (C=N–C) groups is 1. The van der Waals surface area contributed by atoms with Crippen molar-refractivity contribution in [3.8, 4) is 0 Å². The average molecular weight is 498 g/mol. The van der Waals surface area contributed by atoms with Crippen LogP contribution in [0.15, 0.2) is 47.6 Å². The number of halogens is 2. The predicted molar refractivity (Wildman–Crippen MR) is 123 cm³/mol. The maximum Gasteiger partial charge on any atom is 0.191 e. The fourth-order valence-electron chi connectivity index (χ4n) is 2.98. The van der Waals surface area contributed by atoms with Gasteiger partial charge in [0.2, 0.25) is 0 Å². The van der Waals surface area contributed by atoms with Crippen LogP contribution in [0.25, 0.3) is 0 Å². The summed E-state index contributed by atoms with van der Waals surface area (Å²) in [5, 5.41) is 6.45.